The molecule has 0 aliphatic rings. The van der Waals surface area contributed by atoms with Crippen molar-refractivity contribution in [2.75, 3.05) is 14.1 Å². The highest BCUT2D eigenvalue weighted by Gasteiger charge is 2.04. The van der Waals surface area contributed by atoms with Crippen molar-refractivity contribution >= 4 is 6.09 Å². The number of carbonyl (C=O) groups is 1. The van der Waals surface area contributed by atoms with Gasteiger partial charge in [-0.2, -0.15) is 0 Å². The lowest BCUT2D eigenvalue weighted by Crippen LogP contribution is -2.25. The Hall–Kier alpha value is -2.36. The summed E-state index contributed by atoms with van der Waals surface area (Å²) in [7, 11) is 3.29. The van der Waals surface area contributed by atoms with Gasteiger partial charge >= 0.3 is 6.09 Å². The maximum absolute atomic E-state index is 11.0. The highest BCUT2D eigenvalue weighted by Crippen LogP contribution is 2.08. The molecule has 0 unspecified atom stereocenters. The van der Waals surface area contributed by atoms with E-state index in [2.05, 4.69) is 4.98 Å². The molecule has 0 bridgehead atoms. The maximum Gasteiger partial charge on any atom is 0.414 e. The van der Waals surface area contributed by atoms with Crippen LogP contribution < -0.4 is 4.74 Å². The Kier molecular flexibility index (Phi) is 5.97. The summed E-state index contributed by atoms with van der Waals surface area (Å²) in [5, 5.41) is 0. The summed E-state index contributed by atoms with van der Waals surface area (Å²) in [6.07, 6.45) is 3.14. The molecule has 1 aromatic heterocycles. The van der Waals surface area contributed by atoms with Gasteiger partial charge in [-0.3, -0.25) is 4.98 Å². The van der Waals surface area contributed by atoms with Gasteiger partial charge in [-0.15, -0.1) is 0 Å². The standard InChI is InChI=1S/C9H11NO2.C5H5N/c1-10(2)9(11)12-8-6-4-3-5-7-8;1-2-4-6-5-3-1/h3-7H,1-2H3;1-5H. The van der Waals surface area contributed by atoms with Crippen LogP contribution in [-0.4, -0.2) is 30.1 Å². The van der Waals surface area contributed by atoms with E-state index in [0.29, 0.717) is 5.75 Å². The van der Waals surface area contributed by atoms with E-state index < -0.39 is 0 Å². The van der Waals surface area contributed by atoms with Crippen molar-refractivity contribution in [2.24, 2.45) is 0 Å². The van der Waals surface area contributed by atoms with Gasteiger partial charge in [0, 0.05) is 26.5 Å². The van der Waals surface area contributed by atoms with Crippen molar-refractivity contribution in [3.05, 3.63) is 60.9 Å². The second-order valence-electron chi connectivity index (χ2n) is 3.60. The van der Waals surface area contributed by atoms with Gasteiger partial charge in [-0.05, 0) is 24.3 Å². The van der Waals surface area contributed by atoms with Crippen molar-refractivity contribution in [3.8, 4) is 5.75 Å². The fourth-order valence-electron chi connectivity index (χ4n) is 0.993. The first kappa shape index (κ1) is 13.7. The summed E-state index contributed by atoms with van der Waals surface area (Å²) >= 11 is 0. The maximum atomic E-state index is 11.0. The molecular weight excluding hydrogens is 228 g/mol. The Bertz CT molecular complexity index is 417. The molecule has 4 heteroatoms. The van der Waals surface area contributed by atoms with Crippen LogP contribution in [0.3, 0.4) is 0 Å². The topological polar surface area (TPSA) is 42.4 Å². The molecule has 0 fully saturated rings. The van der Waals surface area contributed by atoms with E-state index in [1.807, 2.05) is 36.4 Å². The highest BCUT2D eigenvalue weighted by molar-refractivity contribution is 5.69. The van der Waals surface area contributed by atoms with Gasteiger partial charge in [0.25, 0.3) is 0 Å². The lowest BCUT2D eigenvalue weighted by Gasteiger charge is -2.09. The molecule has 0 saturated heterocycles. The number of para-hydroxylation sites is 1. The van der Waals surface area contributed by atoms with Gasteiger partial charge in [0.05, 0.1) is 0 Å². The summed E-state index contributed by atoms with van der Waals surface area (Å²) in [5.41, 5.74) is 0. The molecule has 2 rings (SSSR count). The van der Waals surface area contributed by atoms with Crippen molar-refractivity contribution in [3.63, 3.8) is 0 Å². The van der Waals surface area contributed by atoms with E-state index in [0.717, 1.165) is 0 Å². The van der Waals surface area contributed by atoms with Gasteiger partial charge in [-0.25, -0.2) is 4.79 Å². The number of pyridine rings is 1. The number of rotatable bonds is 1. The van der Waals surface area contributed by atoms with Crippen LogP contribution in [-0.2, 0) is 0 Å². The molecule has 94 valence electrons. The number of hydrogen-bond donors (Lipinski definition) is 0. The number of nitrogens with zero attached hydrogens (tertiary/aromatic N) is 2. The average Bonchev–Trinajstić information content (AvgIpc) is 2.42. The Labute approximate surface area is 107 Å². The first-order valence-electron chi connectivity index (χ1n) is 5.49. The number of benzene rings is 1. The molecule has 0 spiro atoms. The zero-order valence-corrected chi connectivity index (χ0v) is 10.5. The molecule has 0 N–H and O–H groups in total. The number of ether oxygens (including phenoxy) is 1. The van der Waals surface area contributed by atoms with Crippen molar-refractivity contribution in [1.29, 1.82) is 0 Å². The van der Waals surface area contributed by atoms with E-state index >= 15 is 0 Å². The monoisotopic (exact) mass is 244 g/mol. The van der Waals surface area contributed by atoms with Crippen molar-refractivity contribution < 1.29 is 9.53 Å². The summed E-state index contributed by atoms with van der Waals surface area (Å²) in [6, 6.07) is 14.7. The second kappa shape index (κ2) is 7.84. The Morgan fingerprint density at radius 3 is 1.94 bits per heavy atom. The summed E-state index contributed by atoms with van der Waals surface area (Å²) in [6.45, 7) is 0. The van der Waals surface area contributed by atoms with Crippen LogP contribution in [0.1, 0.15) is 0 Å². The Balaban J connectivity index is 0.000000225. The van der Waals surface area contributed by atoms with Crippen LogP contribution in [0.25, 0.3) is 0 Å². The quantitative estimate of drug-likeness (QED) is 0.774. The minimum Gasteiger partial charge on any atom is -0.410 e. The molecule has 1 amide bonds. The largest absolute Gasteiger partial charge is 0.414 e. The molecule has 0 aliphatic carbocycles. The first-order chi connectivity index (χ1) is 8.70. The Morgan fingerprint density at radius 1 is 1.00 bits per heavy atom. The number of carbonyl (C=O) groups excluding carboxylic acids is 1. The van der Waals surface area contributed by atoms with E-state index in [1.54, 1.807) is 38.6 Å². The number of aromatic nitrogens is 1. The summed E-state index contributed by atoms with van der Waals surface area (Å²) in [5.74, 6) is 0.566. The molecule has 0 radical (unpaired) electrons. The highest BCUT2D eigenvalue weighted by atomic mass is 16.6. The normalized spacial score (nSPS) is 8.78. The lowest BCUT2D eigenvalue weighted by atomic mass is 10.3. The zero-order valence-electron chi connectivity index (χ0n) is 10.5. The molecule has 18 heavy (non-hydrogen) atoms. The van der Waals surface area contributed by atoms with Gasteiger partial charge < -0.3 is 9.64 Å². The number of hydrogen-bond acceptors (Lipinski definition) is 3. The molecule has 0 aliphatic heterocycles. The predicted molar refractivity (Wildman–Crippen MR) is 70.4 cm³/mol. The fourth-order valence-corrected chi connectivity index (χ4v) is 0.993. The molecule has 4 nitrogen and oxygen atoms in total. The molecule has 1 heterocycles. The van der Waals surface area contributed by atoms with Crippen LogP contribution in [0.4, 0.5) is 4.79 Å². The third-order valence-corrected chi connectivity index (χ3v) is 1.88. The first-order valence-corrected chi connectivity index (χ1v) is 5.49. The minimum absolute atomic E-state index is 0.360. The van der Waals surface area contributed by atoms with Crippen LogP contribution in [0, 0.1) is 0 Å². The average molecular weight is 244 g/mol. The van der Waals surface area contributed by atoms with Crippen LogP contribution in [0.15, 0.2) is 60.9 Å². The SMILES string of the molecule is CN(C)C(=O)Oc1ccccc1.c1ccncc1. The molecule has 0 saturated carbocycles. The minimum atomic E-state index is -0.360. The predicted octanol–water partition coefficient (Wildman–Crippen LogP) is 2.83. The zero-order chi connectivity index (χ0) is 13.2. The molecule has 0 atom stereocenters. The smallest absolute Gasteiger partial charge is 0.410 e. The second-order valence-corrected chi connectivity index (χ2v) is 3.60. The lowest BCUT2D eigenvalue weighted by molar-refractivity contribution is 0.172. The van der Waals surface area contributed by atoms with Gasteiger partial charge in [-0.1, -0.05) is 24.3 Å². The van der Waals surface area contributed by atoms with E-state index in [9.17, 15) is 4.79 Å². The molecule has 2 aromatic rings. The van der Waals surface area contributed by atoms with Crippen LogP contribution >= 0.6 is 0 Å². The van der Waals surface area contributed by atoms with Crippen LogP contribution in [0.5, 0.6) is 5.75 Å². The van der Waals surface area contributed by atoms with Gasteiger partial charge in [0.1, 0.15) is 5.75 Å². The van der Waals surface area contributed by atoms with Crippen LogP contribution in [0.2, 0.25) is 0 Å². The number of amides is 1. The summed E-state index contributed by atoms with van der Waals surface area (Å²) < 4.78 is 4.96. The third kappa shape index (κ3) is 5.65. The molecule has 1 aromatic carbocycles. The Morgan fingerprint density at radius 2 is 1.56 bits per heavy atom. The molecular formula is C14H16N2O2. The van der Waals surface area contributed by atoms with Crippen molar-refractivity contribution in [1.82, 2.24) is 9.88 Å². The third-order valence-electron chi connectivity index (χ3n) is 1.88. The van der Waals surface area contributed by atoms with Gasteiger partial charge in [0.15, 0.2) is 0 Å². The van der Waals surface area contributed by atoms with Crippen molar-refractivity contribution in [2.45, 2.75) is 0 Å². The fraction of sp³-hybridized carbons (Fsp3) is 0.143. The van der Waals surface area contributed by atoms with E-state index in [-0.39, 0.29) is 6.09 Å². The van der Waals surface area contributed by atoms with E-state index in [1.165, 1.54) is 4.90 Å². The summed E-state index contributed by atoms with van der Waals surface area (Å²) in [4.78, 5) is 16.2. The van der Waals surface area contributed by atoms with E-state index in [4.69, 9.17) is 4.74 Å². The van der Waals surface area contributed by atoms with Gasteiger partial charge in [0.2, 0.25) is 0 Å².